The Kier molecular flexibility index (Phi) is 3.99. The van der Waals surface area contributed by atoms with E-state index in [1.165, 1.54) is 0 Å². The van der Waals surface area contributed by atoms with Gasteiger partial charge in [0.05, 0.1) is 36.4 Å². The van der Waals surface area contributed by atoms with E-state index >= 15 is 0 Å². The second-order valence-electron chi connectivity index (χ2n) is 6.98. The number of fused-ring (bicyclic) bond motifs is 3. The minimum Gasteiger partial charge on any atom is -0.486 e. The van der Waals surface area contributed by atoms with Gasteiger partial charge in [0.15, 0.2) is 11.6 Å². The third-order valence-electron chi connectivity index (χ3n) is 5.34. The van der Waals surface area contributed by atoms with Crippen LogP contribution in [0.2, 0.25) is 0 Å². The van der Waals surface area contributed by atoms with Gasteiger partial charge in [-0.05, 0) is 34.8 Å². The largest absolute Gasteiger partial charge is 0.486 e. The van der Waals surface area contributed by atoms with Crippen LogP contribution < -0.4 is 10.5 Å². The monoisotopic (exact) mass is 417 g/mol. The van der Waals surface area contributed by atoms with Crippen molar-refractivity contribution in [1.82, 2.24) is 19.9 Å². The number of rotatable bonds is 3. The summed E-state index contributed by atoms with van der Waals surface area (Å²) in [7, 11) is 0. The number of nitrogens with zero attached hydrogens (tertiary/aromatic N) is 3. The number of aromatic amines is 1. The molecule has 0 spiro atoms. The van der Waals surface area contributed by atoms with Crippen LogP contribution in [0.15, 0.2) is 22.9 Å². The molecule has 5 heterocycles. The first-order chi connectivity index (χ1) is 12.7. The summed E-state index contributed by atoms with van der Waals surface area (Å²) in [6.45, 7) is 3.78. The molecule has 0 saturated carbocycles. The van der Waals surface area contributed by atoms with Crippen LogP contribution in [0.5, 0.6) is 5.75 Å². The molecule has 0 radical (unpaired) electrons. The third-order valence-corrected chi connectivity index (χ3v) is 5.77. The molecule has 2 fully saturated rings. The topological polar surface area (TPSA) is 89.3 Å². The molecule has 0 aliphatic carbocycles. The lowest BCUT2D eigenvalue weighted by Gasteiger charge is -2.41. The third kappa shape index (κ3) is 2.72. The Morgan fingerprint density at radius 2 is 2.04 bits per heavy atom. The van der Waals surface area contributed by atoms with Crippen molar-refractivity contribution in [2.24, 2.45) is 0 Å². The van der Waals surface area contributed by atoms with Gasteiger partial charge in [-0.1, -0.05) is 0 Å². The van der Waals surface area contributed by atoms with Crippen molar-refractivity contribution in [3.63, 3.8) is 0 Å². The maximum Gasteiger partial charge on any atom is 0.171 e. The molecule has 0 aromatic carbocycles. The second kappa shape index (κ2) is 6.37. The average Bonchev–Trinajstić information content (AvgIpc) is 2.95. The quantitative estimate of drug-likeness (QED) is 0.680. The number of nitrogens with two attached hydrogens (primary N) is 1. The van der Waals surface area contributed by atoms with Crippen molar-refractivity contribution in [1.29, 1.82) is 0 Å². The summed E-state index contributed by atoms with van der Waals surface area (Å²) in [6.07, 6.45) is 5.63. The molecule has 7 nitrogen and oxygen atoms in total. The molecule has 0 atom stereocenters. The fourth-order valence-corrected chi connectivity index (χ4v) is 4.14. The molecule has 26 heavy (non-hydrogen) atoms. The second-order valence-corrected chi connectivity index (χ2v) is 7.90. The van der Waals surface area contributed by atoms with Crippen LogP contribution in [0.25, 0.3) is 21.9 Å². The zero-order valence-electron chi connectivity index (χ0n) is 14.2. The molecule has 0 bridgehead atoms. The maximum atomic E-state index is 6.38. The summed E-state index contributed by atoms with van der Waals surface area (Å²) in [4.78, 5) is 14.5. The van der Waals surface area contributed by atoms with Crippen molar-refractivity contribution in [3.8, 4) is 5.75 Å². The Morgan fingerprint density at radius 3 is 2.77 bits per heavy atom. The molecular formula is C18H20BrN5O2. The first-order valence-electron chi connectivity index (χ1n) is 8.89. The zero-order chi connectivity index (χ0) is 17.7. The van der Waals surface area contributed by atoms with Crippen LogP contribution in [0.1, 0.15) is 12.8 Å². The van der Waals surface area contributed by atoms with Crippen molar-refractivity contribution < 1.29 is 9.47 Å². The molecule has 0 unspecified atom stereocenters. The van der Waals surface area contributed by atoms with Gasteiger partial charge < -0.3 is 20.2 Å². The van der Waals surface area contributed by atoms with E-state index in [2.05, 4.69) is 35.8 Å². The lowest BCUT2D eigenvalue weighted by Crippen LogP contribution is -2.52. The summed E-state index contributed by atoms with van der Waals surface area (Å²) in [5.74, 6) is 1.09. The van der Waals surface area contributed by atoms with Crippen LogP contribution in [-0.4, -0.2) is 58.3 Å². The summed E-state index contributed by atoms with van der Waals surface area (Å²) in [6, 6.07) is 2.62. The number of hydrogen-bond donors (Lipinski definition) is 2. The molecule has 2 aliphatic heterocycles. The van der Waals surface area contributed by atoms with Gasteiger partial charge in [0.1, 0.15) is 11.8 Å². The van der Waals surface area contributed by atoms with E-state index in [9.17, 15) is 0 Å². The Labute approximate surface area is 159 Å². The average molecular weight is 418 g/mol. The summed E-state index contributed by atoms with van der Waals surface area (Å²) >= 11 is 3.50. The fourth-order valence-electron chi connectivity index (χ4n) is 3.81. The SMILES string of the molecule is Nc1ncc2[nH]c3ncc(Br)cc3c2c1OC1CCN(C2COC2)CC1. The van der Waals surface area contributed by atoms with E-state index in [0.717, 1.165) is 65.6 Å². The number of H-pyrrole nitrogens is 1. The van der Waals surface area contributed by atoms with Crippen molar-refractivity contribution in [2.45, 2.75) is 25.0 Å². The Morgan fingerprint density at radius 1 is 1.23 bits per heavy atom. The predicted octanol–water partition coefficient (Wildman–Crippen LogP) is 2.70. The van der Waals surface area contributed by atoms with Crippen LogP contribution in [0.3, 0.4) is 0 Å². The highest BCUT2D eigenvalue weighted by Gasteiger charge is 2.31. The van der Waals surface area contributed by atoms with E-state index in [-0.39, 0.29) is 6.10 Å². The van der Waals surface area contributed by atoms with E-state index < -0.39 is 0 Å². The molecule has 136 valence electrons. The van der Waals surface area contributed by atoms with Crippen molar-refractivity contribution >= 4 is 43.7 Å². The lowest BCUT2D eigenvalue weighted by atomic mass is 10.0. The molecule has 3 aromatic rings. The summed E-state index contributed by atoms with van der Waals surface area (Å²) in [5, 5.41) is 1.94. The number of nitrogen functional groups attached to an aromatic ring is 1. The van der Waals surface area contributed by atoms with Crippen molar-refractivity contribution in [2.75, 3.05) is 32.0 Å². The molecule has 2 saturated heterocycles. The highest BCUT2D eigenvalue weighted by Crippen LogP contribution is 2.37. The number of pyridine rings is 2. The molecule has 2 aliphatic rings. The Bertz CT molecular complexity index is 963. The fraction of sp³-hybridized carbons (Fsp3) is 0.444. The maximum absolute atomic E-state index is 6.38. The number of halogens is 1. The van der Waals surface area contributed by atoms with E-state index in [1.54, 1.807) is 12.4 Å². The number of aromatic nitrogens is 3. The standard InChI is InChI=1S/C18H20BrN5O2/c19-10-5-13-15-14(23-18(13)22-6-10)7-21-17(20)16(15)26-12-1-3-24(4-2-12)11-8-25-9-11/h5-7,11-12H,1-4,8-9H2,(H2,20,21)(H,22,23). The molecule has 3 aromatic heterocycles. The van der Waals surface area contributed by atoms with Crippen molar-refractivity contribution in [3.05, 3.63) is 22.9 Å². The van der Waals surface area contributed by atoms with Gasteiger partial charge in [0, 0.05) is 29.1 Å². The minimum atomic E-state index is 0.145. The Balaban J connectivity index is 1.45. The normalized spacial score (nSPS) is 19.9. The van der Waals surface area contributed by atoms with E-state index in [4.69, 9.17) is 15.2 Å². The first kappa shape index (κ1) is 16.3. The lowest BCUT2D eigenvalue weighted by molar-refractivity contribution is -0.0777. The van der Waals surface area contributed by atoms with Gasteiger partial charge in [-0.25, -0.2) is 9.97 Å². The number of likely N-dealkylation sites (tertiary alicyclic amines) is 1. The predicted molar refractivity (Wildman–Crippen MR) is 103 cm³/mol. The first-order valence-corrected chi connectivity index (χ1v) is 9.68. The van der Waals surface area contributed by atoms with Gasteiger partial charge in [-0.2, -0.15) is 0 Å². The van der Waals surface area contributed by atoms with E-state index in [1.807, 2.05) is 6.07 Å². The van der Waals surface area contributed by atoms with Gasteiger partial charge in [-0.15, -0.1) is 0 Å². The Hall–Kier alpha value is -1.90. The van der Waals surface area contributed by atoms with Crippen LogP contribution in [-0.2, 0) is 4.74 Å². The van der Waals surface area contributed by atoms with Gasteiger partial charge >= 0.3 is 0 Å². The molecule has 5 rings (SSSR count). The minimum absolute atomic E-state index is 0.145. The highest BCUT2D eigenvalue weighted by molar-refractivity contribution is 9.10. The molecule has 3 N–H and O–H groups in total. The number of anilines is 1. The van der Waals surface area contributed by atoms with Crippen LogP contribution in [0, 0.1) is 0 Å². The molecule has 0 amide bonds. The van der Waals surface area contributed by atoms with E-state index in [0.29, 0.717) is 17.6 Å². The highest BCUT2D eigenvalue weighted by atomic mass is 79.9. The molecule has 8 heteroatoms. The van der Waals surface area contributed by atoms with Gasteiger partial charge in [0.25, 0.3) is 0 Å². The van der Waals surface area contributed by atoms with Gasteiger partial charge in [-0.3, -0.25) is 4.90 Å². The number of piperidine rings is 1. The molecular weight excluding hydrogens is 398 g/mol. The number of ether oxygens (including phenoxy) is 2. The van der Waals surface area contributed by atoms with Crippen LogP contribution in [0.4, 0.5) is 5.82 Å². The summed E-state index contributed by atoms with van der Waals surface area (Å²) in [5.41, 5.74) is 7.88. The zero-order valence-corrected chi connectivity index (χ0v) is 15.8. The number of nitrogens with one attached hydrogen (secondary N) is 1. The van der Waals surface area contributed by atoms with Crippen LogP contribution >= 0.6 is 15.9 Å². The smallest absolute Gasteiger partial charge is 0.171 e. The summed E-state index contributed by atoms with van der Waals surface area (Å²) < 4.78 is 12.6. The van der Waals surface area contributed by atoms with Gasteiger partial charge in [0.2, 0.25) is 0 Å². The number of hydrogen-bond acceptors (Lipinski definition) is 6.